The first-order chi connectivity index (χ1) is 9.63. The Bertz CT molecular complexity index is 466. The second-order valence-corrected chi connectivity index (χ2v) is 5.23. The third-order valence-electron chi connectivity index (χ3n) is 3.64. The largest absolute Gasteiger partial charge is 0.473 e. The summed E-state index contributed by atoms with van der Waals surface area (Å²) in [5, 5.41) is 18.7. The molecule has 0 amide bonds. The molecular weight excluding hydrogens is 260 g/mol. The second-order valence-electron chi connectivity index (χ2n) is 5.23. The summed E-state index contributed by atoms with van der Waals surface area (Å²) in [5.41, 5.74) is 0.538. The lowest BCUT2D eigenvalue weighted by atomic mass is 10.1. The van der Waals surface area contributed by atoms with E-state index < -0.39 is 0 Å². The summed E-state index contributed by atoms with van der Waals surface area (Å²) < 4.78 is 7.13. The number of aryl methyl sites for hydroxylation is 2. The molecule has 0 aromatic carbocycles. The fourth-order valence-corrected chi connectivity index (χ4v) is 2.58. The number of nitrogens with one attached hydrogen (secondary N) is 1. The number of hydrogen-bond donors (Lipinski definition) is 1. The van der Waals surface area contributed by atoms with Gasteiger partial charge in [-0.1, -0.05) is 13.3 Å². The van der Waals surface area contributed by atoms with Crippen LogP contribution < -0.4 is 10.1 Å². The van der Waals surface area contributed by atoms with Crippen LogP contribution >= 0.6 is 0 Å². The van der Waals surface area contributed by atoms with E-state index in [0.717, 1.165) is 32.4 Å². The summed E-state index contributed by atoms with van der Waals surface area (Å²) in [5.74, 6) is 0.891. The topological polar surface area (TPSA) is 82.2 Å². The molecule has 0 spiro atoms. The maximum Gasteiger partial charge on any atom is 0.353 e. The lowest BCUT2D eigenvalue weighted by molar-refractivity contribution is -0.386. The molecule has 0 radical (unpaired) electrons. The van der Waals surface area contributed by atoms with Gasteiger partial charge in [-0.2, -0.15) is 5.10 Å². The van der Waals surface area contributed by atoms with Crippen LogP contribution in [0.4, 0.5) is 5.69 Å². The van der Waals surface area contributed by atoms with Crippen molar-refractivity contribution >= 4 is 5.69 Å². The van der Waals surface area contributed by atoms with Gasteiger partial charge in [0.05, 0.1) is 11.5 Å². The van der Waals surface area contributed by atoms with Gasteiger partial charge in [0, 0.05) is 7.05 Å². The summed E-state index contributed by atoms with van der Waals surface area (Å²) in [7, 11) is 1.69. The third kappa shape index (κ3) is 3.27. The van der Waals surface area contributed by atoms with E-state index in [9.17, 15) is 10.1 Å². The zero-order chi connectivity index (χ0) is 14.5. The Balaban J connectivity index is 2.03. The zero-order valence-electron chi connectivity index (χ0n) is 12.1. The van der Waals surface area contributed by atoms with E-state index in [1.807, 2.05) is 6.92 Å². The lowest BCUT2D eigenvalue weighted by Crippen LogP contribution is -2.12. The van der Waals surface area contributed by atoms with Crippen LogP contribution in [0.15, 0.2) is 0 Å². The fraction of sp³-hybridized carbons (Fsp3) is 0.769. The Morgan fingerprint density at radius 1 is 1.60 bits per heavy atom. The Morgan fingerprint density at radius 3 is 3.00 bits per heavy atom. The van der Waals surface area contributed by atoms with Crippen LogP contribution in [0.5, 0.6) is 5.88 Å². The van der Waals surface area contributed by atoms with Gasteiger partial charge >= 0.3 is 5.69 Å². The number of aromatic nitrogens is 2. The van der Waals surface area contributed by atoms with Crippen molar-refractivity contribution in [2.75, 3.05) is 19.7 Å². The van der Waals surface area contributed by atoms with Crippen LogP contribution in [0.2, 0.25) is 0 Å². The van der Waals surface area contributed by atoms with E-state index in [-0.39, 0.29) is 16.5 Å². The molecule has 0 bridgehead atoms. The number of ether oxygens (including phenoxy) is 1. The van der Waals surface area contributed by atoms with E-state index in [1.165, 1.54) is 4.68 Å². The van der Waals surface area contributed by atoms with Gasteiger partial charge in [-0.15, -0.1) is 0 Å². The zero-order valence-corrected chi connectivity index (χ0v) is 12.1. The number of hydrogen-bond acceptors (Lipinski definition) is 5. The molecule has 1 saturated heterocycles. The van der Waals surface area contributed by atoms with E-state index >= 15 is 0 Å². The average Bonchev–Trinajstić information content (AvgIpc) is 2.99. The summed E-state index contributed by atoms with van der Waals surface area (Å²) in [6, 6.07) is 0. The van der Waals surface area contributed by atoms with Gasteiger partial charge in [0.25, 0.3) is 5.88 Å². The van der Waals surface area contributed by atoms with Gasteiger partial charge in [-0.25, -0.2) is 4.68 Å². The first kappa shape index (κ1) is 14.8. The molecule has 2 heterocycles. The molecule has 7 nitrogen and oxygen atoms in total. The SMILES string of the molecule is CCCc1nn(C)c(OCCC2CCNC2)c1[N+](=O)[O-]. The average molecular weight is 282 g/mol. The van der Waals surface area contributed by atoms with Gasteiger partial charge in [-0.3, -0.25) is 10.1 Å². The van der Waals surface area contributed by atoms with Crippen LogP contribution in [-0.2, 0) is 13.5 Å². The smallest absolute Gasteiger partial charge is 0.353 e. The van der Waals surface area contributed by atoms with Crippen molar-refractivity contribution in [3.63, 3.8) is 0 Å². The number of nitrogens with zero attached hydrogens (tertiary/aromatic N) is 3. The summed E-state index contributed by atoms with van der Waals surface area (Å²) in [6.07, 6.45) is 3.49. The highest BCUT2D eigenvalue weighted by molar-refractivity contribution is 5.46. The molecular formula is C13H22N4O3. The minimum absolute atomic E-state index is 0.0268. The lowest BCUT2D eigenvalue weighted by Gasteiger charge is -2.09. The summed E-state index contributed by atoms with van der Waals surface area (Å²) in [6.45, 7) is 4.54. The summed E-state index contributed by atoms with van der Waals surface area (Å²) >= 11 is 0. The Kier molecular flexibility index (Phi) is 4.94. The number of rotatable bonds is 7. The normalized spacial score (nSPS) is 18.4. The van der Waals surface area contributed by atoms with Gasteiger partial charge in [0.1, 0.15) is 5.69 Å². The van der Waals surface area contributed by atoms with Crippen LogP contribution in [0, 0.1) is 16.0 Å². The molecule has 1 N–H and O–H groups in total. The monoisotopic (exact) mass is 282 g/mol. The van der Waals surface area contributed by atoms with E-state index in [1.54, 1.807) is 7.05 Å². The highest BCUT2D eigenvalue weighted by atomic mass is 16.6. The number of nitro groups is 1. The highest BCUT2D eigenvalue weighted by Crippen LogP contribution is 2.31. The van der Waals surface area contributed by atoms with Gasteiger partial charge in [0.15, 0.2) is 0 Å². The first-order valence-electron chi connectivity index (χ1n) is 7.17. The van der Waals surface area contributed by atoms with Crippen LogP contribution in [-0.4, -0.2) is 34.4 Å². The van der Waals surface area contributed by atoms with Crippen molar-refractivity contribution in [1.82, 2.24) is 15.1 Å². The molecule has 0 saturated carbocycles. The van der Waals surface area contributed by atoms with Crippen molar-refractivity contribution in [1.29, 1.82) is 0 Å². The fourth-order valence-electron chi connectivity index (χ4n) is 2.58. The molecule has 1 aromatic heterocycles. The van der Waals surface area contributed by atoms with Gasteiger partial charge in [-0.05, 0) is 38.3 Å². The second kappa shape index (κ2) is 6.69. The molecule has 1 fully saturated rings. The van der Waals surface area contributed by atoms with Crippen molar-refractivity contribution in [3.05, 3.63) is 15.8 Å². The van der Waals surface area contributed by atoms with Crippen molar-refractivity contribution < 1.29 is 9.66 Å². The van der Waals surface area contributed by atoms with E-state index in [0.29, 0.717) is 24.6 Å². The van der Waals surface area contributed by atoms with Crippen LogP contribution in [0.3, 0.4) is 0 Å². The molecule has 1 aromatic rings. The minimum Gasteiger partial charge on any atom is -0.473 e. The molecule has 1 atom stereocenters. The van der Waals surface area contributed by atoms with E-state index in [4.69, 9.17) is 4.74 Å². The quantitative estimate of drug-likeness (QED) is 0.607. The third-order valence-corrected chi connectivity index (χ3v) is 3.64. The molecule has 1 aliphatic heterocycles. The molecule has 1 unspecified atom stereocenters. The van der Waals surface area contributed by atoms with Gasteiger partial charge in [0.2, 0.25) is 0 Å². The Labute approximate surface area is 118 Å². The standard InChI is InChI=1S/C13H22N4O3/c1-3-4-11-12(17(18)19)13(16(2)15-11)20-8-6-10-5-7-14-9-10/h10,14H,3-9H2,1-2H3. The highest BCUT2D eigenvalue weighted by Gasteiger charge is 2.27. The molecule has 0 aliphatic carbocycles. The maximum atomic E-state index is 11.2. The first-order valence-corrected chi connectivity index (χ1v) is 7.17. The minimum atomic E-state index is -0.384. The molecule has 7 heteroatoms. The van der Waals surface area contributed by atoms with Gasteiger partial charge < -0.3 is 10.1 Å². The molecule has 20 heavy (non-hydrogen) atoms. The van der Waals surface area contributed by atoms with Crippen molar-refractivity contribution in [3.8, 4) is 5.88 Å². The van der Waals surface area contributed by atoms with Crippen molar-refractivity contribution in [2.45, 2.75) is 32.6 Å². The molecule has 1 aliphatic rings. The summed E-state index contributed by atoms with van der Waals surface area (Å²) in [4.78, 5) is 10.8. The maximum absolute atomic E-state index is 11.2. The predicted octanol–water partition coefficient (Wildman–Crippen LogP) is 1.66. The predicted molar refractivity (Wildman–Crippen MR) is 74.9 cm³/mol. The van der Waals surface area contributed by atoms with Crippen molar-refractivity contribution in [2.24, 2.45) is 13.0 Å². The van der Waals surface area contributed by atoms with Crippen LogP contribution in [0.1, 0.15) is 31.9 Å². The molecule has 112 valence electrons. The van der Waals surface area contributed by atoms with Crippen LogP contribution in [0.25, 0.3) is 0 Å². The Morgan fingerprint density at radius 2 is 2.40 bits per heavy atom. The Hall–Kier alpha value is -1.63. The van der Waals surface area contributed by atoms with E-state index in [2.05, 4.69) is 10.4 Å². The molecule has 2 rings (SSSR count).